The Morgan fingerprint density at radius 1 is 1.36 bits per heavy atom. The van der Waals surface area contributed by atoms with Gasteiger partial charge in [0.2, 0.25) is 0 Å². The van der Waals surface area contributed by atoms with Crippen molar-refractivity contribution >= 4 is 5.97 Å². The molecule has 1 aliphatic rings. The average molecular weight is 316 g/mol. The Balaban J connectivity index is 2.42. The molecule has 1 fully saturated rings. The minimum absolute atomic E-state index is 0.00328. The van der Waals surface area contributed by atoms with E-state index < -0.39 is 47.3 Å². The van der Waals surface area contributed by atoms with E-state index in [1.165, 1.54) is 7.11 Å². The van der Waals surface area contributed by atoms with Crippen LogP contribution in [-0.4, -0.2) is 64.9 Å². The number of methoxy groups -OCH3 is 2. The molecule has 0 aliphatic carbocycles. The van der Waals surface area contributed by atoms with Crippen LogP contribution in [0.3, 0.4) is 0 Å². The molecular weight excluding hydrogens is 300 g/mol. The predicted octanol–water partition coefficient (Wildman–Crippen LogP) is -2.41. The molecule has 1 aromatic rings. The zero-order valence-corrected chi connectivity index (χ0v) is 11.9. The molecule has 0 saturated carbocycles. The van der Waals surface area contributed by atoms with E-state index in [-0.39, 0.29) is 6.61 Å². The molecule has 0 bridgehead atoms. The number of nitrogens with one attached hydrogen (secondary N) is 1. The Bertz CT molecular complexity index is 666. The standard InChI is InChI=1S/C12H16N2O8/c1-20-4-6-7(15)8(16)10(22-6)14-3-5(11(18)21-2)9(17)13-12(14)19/h3,6-8,10,15-16H,4H2,1-2H3,(H,13,17,19)/t6-,7-,8-,10-/m1/s1. The van der Waals surface area contributed by atoms with Gasteiger partial charge in [-0.3, -0.25) is 14.3 Å². The van der Waals surface area contributed by atoms with Crippen molar-refractivity contribution in [2.24, 2.45) is 0 Å². The van der Waals surface area contributed by atoms with E-state index in [1.807, 2.05) is 4.98 Å². The van der Waals surface area contributed by atoms with Gasteiger partial charge in [-0.05, 0) is 0 Å². The summed E-state index contributed by atoms with van der Waals surface area (Å²) in [6.07, 6.45) is -3.93. The van der Waals surface area contributed by atoms with E-state index in [2.05, 4.69) is 4.74 Å². The molecule has 1 aliphatic heterocycles. The molecule has 2 heterocycles. The number of ether oxygens (including phenoxy) is 3. The minimum Gasteiger partial charge on any atom is -0.465 e. The quantitative estimate of drug-likeness (QED) is 0.522. The molecule has 1 saturated heterocycles. The summed E-state index contributed by atoms with van der Waals surface area (Å²) >= 11 is 0. The summed E-state index contributed by atoms with van der Waals surface area (Å²) in [4.78, 5) is 36.9. The highest BCUT2D eigenvalue weighted by Crippen LogP contribution is 2.28. The van der Waals surface area contributed by atoms with E-state index in [4.69, 9.17) is 9.47 Å². The lowest BCUT2D eigenvalue weighted by atomic mass is 10.1. The molecule has 10 nitrogen and oxygen atoms in total. The summed E-state index contributed by atoms with van der Waals surface area (Å²) in [7, 11) is 2.47. The number of H-pyrrole nitrogens is 1. The number of aromatic amines is 1. The molecule has 122 valence electrons. The number of carbonyl (C=O) groups excluding carboxylic acids is 1. The number of nitrogens with zero attached hydrogens (tertiary/aromatic N) is 1. The molecular formula is C12H16N2O8. The molecule has 22 heavy (non-hydrogen) atoms. The summed E-state index contributed by atoms with van der Waals surface area (Å²) < 4.78 is 15.5. The number of aromatic nitrogens is 2. The maximum atomic E-state index is 11.9. The second kappa shape index (κ2) is 6.40. The fourth-order valence-corrected chi connectivity index (χ4v) is 2.19. The Morgan fingerprint density at radius 3 is 2.64 bits per heavy atom. The van der Waals surface area contributed by atoms with Crippen molar-refractivity contribution in [3.05, 3.63) is 32.6 Å². The lowest BCUT2D eigenvalue weighted by Gasteiger charge is -2.17. The van der Waals surface area contributed by atoms with Crippen LogP contribution in [0.15, 0.2) is 15.8 Å². The van der Waals surface area contributed by atoms with Gasteiger partial charge in [0.1, 0.15) is 23.9 Å². The second-order valence-electron chi connectivity index (χ2n) is 4.70. The number of aliphatic hydroxyl groups is 2. The lowest BCUT2D eigenvalue weighted by Crippen LogP contribution is -2.39. The number of aliphatic hydroxyl groups excluding tert-OH is 2. The number of carbonyl (C=O) groups is 1. The third-order valence-electron chi connectivity index (χ3n) is 3.32. The van der Waals surface area contributed by atoms with Crippen LogP contribution in [-0.2, 0) is 14.2 Å². The molecule has 4 atom stereocenters. The van der Waals surface area contributed by atoms with Gasteiger partial charge in [-0.2, -0.15) is 0 Å². The number of rotatable bonds is 4. The van der Waals surface area contributed by atoms with Gasteiger partial charge in [0, 0.05) is 13.3 Å². The smallest absolute Gasteiger partial charge is 0.345 e. The third kappa shape index (κ3) is 2.81. The summed E-state index contributed by atoms with van der Waals surface area (Å²) in [5.41, 5.74) is -2.25. The van der Waals surface area contributed by atoms with Gasteiger partial charge in [-0.25, -0.2) is 9.59 Å². The molecule has 3 N–H and O–H groups in total. The van der Waals surface area contributed by atoms with Crippen LogP contribution in [0.1, 0.15) is 16.6 Å². The van der Waals surface area contributed by atoms with Crippen molar-refractivity contribution in [3.63, 3.8) is 0 Å². The molecule has 1 aromatic heterocycles. The van der Waals surface area contributed by atoms with Gasteiger partial charge in [0.25, 0.3) is 5.56 Å². The third-order valence-corrected chi connectivity index (χ3v) is 3.32. The number of hydrogen-bond donors (Lipinski definition) is 3. The van der Waals surface area contributed by atoms with Gasteiger partial charge < -0.3 is 24.4 Å². The lowest BCUT2D eigenvalue weighted by molar-refractivity contribution is -0.0615. The van der Waals surface area contributed by atoms with Crippen molar-refractivity contribution in [1.82, 2.24) is 9.55 Å². The molecule has 0 amide bonds. The number of esters is 1. The summed E-state index contributed by atoms with van der Waals surface area (Å²) in [5, 5.41) is 19.8. The zero-order valence-electron chi connectivity index (χ0n) is 11.9. The van der Waals surface area contributed by atoms with Crippen LogP contribution in [0.2, 0.25) is 0 Å². The number of hydrogen-bond acceptors (Lipinski definition) is 8. The van der Waals surface area contributed by atoms with Crippen LogP contribution < -0.4 is 11.2 Å². The summed E-state index contributed by atoms with van der Waals surface area (Å²) in [6.45, 7) is -0.00328. The first-order chi connectivity index (χ1) is 10.4. The van der Waals surface area contributed by atoms with Crippen molar-refractivity contribution < 1.29 is 29.2 Å². The minimum atomic E-state index is -1.44. The molecule has 0 spiro atoms. The maximum absolute atomic E-state index is 11.9. The SMILES string of the molecule is COC[C@H]1O[C@@H](n2cc(C(=O)OC)c(=O)[nH]c2=O)[C@H](O)[C@@H]1O. The largest absolute Gasteiger partial charge is 0.465 e. The highest BCUT2D eigenvalue weighted by atomic mass is 16.6. The second-order valence-corrected chi connectivity index (χ2v) is 4.70. The molecule has 0 unspecified atom stereocenters. The molecule has 0 radical (unpaired) electrons. The van der Waals surface area contributed by atoms with Crippen molar-refractivity contribution in [1.29, 1.82) is 0 Å². The highest BCUT2D eigenvalue weighted by Gasteiger charge is 2.44. The normalized spacial score (nSPS) is 27.8. The Morgan fingerprint density at radius 2 is 2.05 bits per heavy atom. The van der Waals surface area contributed by atoms with E-state index in [1.54, 1.807) is 0 Å². The first-order valence-corrected chi connectivity index (χ1v) is 6.35. The maximum Gasteiger partial charge on any atom is 0.345 e. The Hall–Kier alpha value is -2.01. The van der Waals surface area contributed by atoms with Crippen molar-refractivity contribution in [2.45, 2.75) is 24.5 Å². The van der Waals surface area contributed by atoms with Crippen molar-refractivity contribution in [3.8, 4) is 0 Å². The fourth-order valence-electron chi connectivity index (χ4n) is 2.19. The van der Waals surface area contributed by atoms with E-state index in [0.29, 0.717) is 0 Å². The average Bonchev–Trinajstić information content (AvgIpc) is 2.76. The van der Waals surface area contributed by atoms with Crippen LogP contribution >= 0.6 is 0 Å². The first kappa shape index (κ1) is 16.4. The van der Waals surface area contributed by atoms with Crippen LogP contribution in [0, 0.1) is 0 Å². The molecule has 2 rings (SSSR count). The Kier molecular flexibility index (Phi) is 4.76. The van der Waals surface area contributed by atoms with Gasteiger partial charge in [-0.1, -0.05) is 0 Å². The summed E-state index contributed by atoms with van der Waals surface area (Å²) in [6, 6.07) is 0. The van der Waals surface area contributed by atoms with Crippen LogP contribution in [0.4, 0.5) is 0 Å². The zero-order chi connectivity index (χ0) is 16.4. The molecule has 10 heteroatoms. The first-order valence-electron chi connectivity index (χ1n) is 6.35. The fraction of sp³-hybridized carbons (Fsp3) is 0.583. The topological polar surface area (TPSA) is 140 Å². The van der Waals surface area contributed by atoms with E-state index in [9.17, 15) is 24.6 Å². The highest BCUT2D eigenvalue weighted by molar-refractivity contribution is 5.88. The van der Waals surface area contributed by atoms with Crippen LogP contribution in [0.25, 0.3) is 0 Å². The Labute approximate surface area is 123 Å². The van der Waals surface area contributed by atoms with E-state index in [0.717, 1.165) is 17.9 Å². The van der Waals surface area contributed by atoms with Gasteiger partial charge in [0.15, 0.2) is 6.23 Å². The van der Waals surface area contributed by atoms with Gasteiger partial charge in [-0.15, -0.1) is 0 Å². The van der Waals surface area contributed by atoms with Crippen molar-refractivity contribution in [2.75, 3.05) is 20.8 Å². The van der Waals surface area contributed by atoms with E-state index >= 15 is 0 Å². The molecule has 0 aromatic carbocycles. The van der Waals surface area contributed by atoms with Gasteiger partial charge in [0.05, 0.1) is 13.7 Å². The summed E-state index contributed by atoms with van der Waals surface area (Å²) in [5.74, 6) is -0.948. The van der Waals surface area contributed by atoms with Crippen LogP contribution in [0.5, 0.6) is 0 Å². The predicted molar refractivity (Wildman–Crippen MR) is 70.5 cm³/mol. The van der Waals surface area contributed by atoms with Gasteiger partial charge >= 0.3 is 11.7 Å². The monoisotopic (exact) mass is 316 g/mol.